The van der Waals surface area contributed by atoms with E-state index in [-0.39, 0.29) is 18.4 Å². The fourth-order valence-corrected chi connectivity index (χ4v) is 2.22. The lowest BCUT2D eigenvalue weighted by Crippen LogP contribution is -2.27. The van der Waals surface area contributed by atoms with E-state index >= 15 is 0 Å². The number of hydrogen-bond donors (Lipinski definition) is 1. The summed E-state index contributed by atoms with van der Waals surface area (Å²) < 4.78 is 2.28. The Hall–Kier alpha value is -1.97. The van der Waals surface area contributed by atoms with Crippen LogP contribution in [0.1, 0.15) is 16.2 Å². The Labute approximate surface area is 128 Å². The Balaban J connectivity index is 2.11. The largest absolute Gasteiger partial charge is 0.358 e. The van der Waals surface area contributed by atoms with Crippen molar-refractivity contribution >= 4 is 34.3 Å². The third-order valence-corrected chi connectivity index (χ3v) is 3.38. The number of imidazole rings is 1. The van der Waals surface area contributed by atoms with Gasteiger partial charge in [-0.2, -0.15) is 4.57 Å². The number of carbonyl (C=O) groups is 1. The second kappa shape index (κ2) is 5.99. The summed E-state index contributed by atoms with van der Waals surface area (Å²) in [5.41, 5.74) is 0.511. The molecule has 0 fully saturated rings. The van der Waals surface area contributed by atoms with Gasteiger partial charge in [0.1, 0.15) is 6.20 Å². The van der Waals surface area contributed by atoms with Crippen LogP contribution in [-0.4, -0.2) is 20.4 Å². The van der Waals surface area contributed by atoms with Crippen molar-refractivity contribution in [2.75, 3.05) is 0 Å². The van der Waals surface area contributed by atoms with Crippen LogP contribution in [0.5, 0.6) is 0 Å². The molecule has 2 rings (SSSR count). The van der Waals surface area contributed by atoms with Gasteiger partial charge in [-0.3, -0.25) is 4.79 Å². The number of aryl methyl sites for hydroxylation is 1. The predicted molar refractivity (Wildman–Crippen MR) is 80.2 cm³/mol. The van der Waals surface area contributed by atoms with Crippen molar-refractivity contribution in [3.8, 4) is 0 Å². The minimum absolute atomic E-state index is 0.00640. The maximum atomic E-state index is 12.0. The summed E-state index contributed by atoms with van der Waals surface area (Å²) in [6.45, 7) is 1.65. The van der Waals surface area contributed by atoms with Gasteiger partial charge >= 0.3 is 5.82 Å². The fraction of sp³-hybridized carbons (Fsp3) is 0.167. The molecule has 0 atom stereocenters. The van der Waals surface area contributed by atoms with E-state index in [0.717, 1.165) is 3.57 Å². The molecule has 2 aromatic rings. The van der Waals surface area contributed by atoms with E-state index in [0.29, 0.717) is 11.4 Å². The smallest absolute Gasteiger partial charge is 0.344 e. The molecule has 0 spiro atoms. The van der Waals surface area contributed by atoms with Gasteiger partial charge in [0.05, 0.1) is 0 Å². The number of hydrogen-bond acceptors (Lipinski definition) is 4. The van der Waals surface area contributed by atoms with Crippen LogP contribution in [0.4, 0.5) is 5.82 Å². The van der Waals surface area contributed by atoms with Crippen molar-refractivity contribution in [1.82, 2.24) is 14.9 Å². The minimum Gasteiger partial charge on any atom is -0.358 e. The molecule has 7 nitrogen and oxygen atoms in total. The first-order valence-corrected chi connectivity index (χ1v) is 6.77. The molecule has 1 aromatic heterocycles. The fourth-order valence-electron chi connectivity index (χ4n) is 1.68. The normalized spacial score (nSPS) is 10.3. The Morgan fingerprint density at radius 2 is 2.30 bits per heavy atom. The van der Waals surface area contributed by atoms with E-state index in [9.17, 15) is 14.9 Å². The van der Waals surface area contributed by atoms with Crippen molar-refractivity contribution in [1.29, 1.82) is 0 Å². The lowest BCUT2D eigenvalue weighted by Gasteiger charge is -2.06. The van der Waals surface area contributed by atoms with Crippen molar-refractivity contribution < 1.29 is 9.72 Å². The van der Waals surface area contributed by atoms with Crippen molar-refractivity contribution in [2.45, 2.75) is 13.6 Å². The number of halogens is 1. The Morgan fingerprint density at radius 3 is 2.95 bits per heavy atom. The number of nitrogens with one attached hydrogen (secondary N) is 1. The lowest BCUT2D eigenvalue weighted by atomic mass is 10.2. The molecule has 0 unspecified atom stereocenters. The molecule has 1 aromatic carbocycles. The summed E-state index contributed by atoms with van der Waals surface area (Å²) in [7, 11) is 0. The first-order chi connectivity index (χ1) is 9.49. The zero-order valence-corrected chi connectivity index (χ0v) is 12.7. The Morgan fingerprint density at radius 1 is 1.55 bits per heavy atom. The van der Waals surface area contributed by atoms with Crippen molar-refractivity contribution in [3.63, 3.8) is 0 Å². The van der Waals surface area contributed by atoms with Crippen LogP contribution in [0, 0.1) is 20.6 Å². The number of carbonyl (C=O) groups excluding carboxylic acids is 1. The van der Waals surface area contributed by atoms with Gasteiger partial charge in [0.2, 0.25) is 0 Å². The molecule has 0 aliphatic rings. The molecule has 1 amide bonds. The van der Waals surface area contributed by atoms with Crippen LogP contribution in [-0.2, 0) is 6.67 Å². The first kappa shape index (κ1) is 14.4. The number of aromatic nitrogens is 2. The second-order valence-electron chi connectivity index (χ2n) is 4.02. The second-order valence-corrected chi connectivity index (χ2v) is 5.27. The summed E-state index contributed by atoms with van der Waals surface area (Å²) in [5.74, 6) is 0.0380. The number of nitro groups is 1. The molecule has 0 bridgehead atoms. The summed E-state index contributed by atoms with van der Waals surface area (Å²) in [4.78, 5) is 26.1. The van der Waals surface area contributed by atoms with Crippen LogP contribution >= 0.6 is 22.6 Å². The van der Waals surface area contributed by atoms with Gasteiger partial charge in [0.15, 0.2) is 12.5 Å². The van der Waals surface area contributed by atoms with Crippen LogP contribution in [0.25, 0.3) is 0 Å². The van der Waals surface area contributed by atoms with Gasteiger partial charge in [0.25, 0.3) is 5.91 Å². The van der Waals surface area contributed by atoms with Crippen LogP contribution < -0.4 is 5.32 Å². The highest BCUT2D eigenvalue weighted by Crippen LogP contribution is 2.13. The van der Waals surface area contributed by atoms with Crippen molar-refractivity contribution in [2.24, 2.45) is 0 Å². The highest BCUT2D eigenvalue weighted by Gasteiger charge is 2.18. The monoisotopic (exact) mass is 386 g/mol. The topological polar surface area (TPSA) is 90.1 Å². The standard InChI is InChI=1S/C12H11IN4O3/c1-8-14-6-11(17(19)20)16(8)7-15-12(18)9-3-2-4-10(13)5-9/h2-6H,7H2,1H3,(H,15,18). The number of benzene rings is 1. The zero-order chi connectivity index (χ0) is 14.7. The van der Waals surface area contributed by atoms with E-state index in [1.54, 1.807) is 25.1 Å². The van der Waals surface area contributed by atoms with E-state index in [4.69, 9.17) is 0 Å². The average Bonchev–Trinajstić information content (AvgIpc) is 2.77. The number of rotatable bonds is 4. The van der Waals surface area contributed by atoms with Gasteiger partial charge in [-0.05, 0) is 45.7 Å². The molecule has 0 radical (unpaired) electrons. The number of amides is 1. The summed E-state index contributed by atoms with van der Waals surface area (Å²) >= 11 is 2.11. The molecule has 104 valence electrons. The maximum absolute atomic E-state index is 12.0. The molecule has 8 heteroatoms. The van der Waals surface area contributed by atoms with E-state index < -0.39 is 4.92 Å². The molecule has 0 aliphatic heterocycles. The molecule has 1 heterocycles. The first-order valence-electron chi connectivity index (χ1n) is 5.69. The molecule has 0 saturated heterocycles. The van der Waals surface area contributed by atoms with Gasteiger partial charge in [-0.15, -0.1) is 0 Å². The molecule has 20 heavy (non-hydrogen) atoms. The van der Waals surface area contributed by atoms with E-state index in [2.05, 4.69) is 32.9 Å². The Bertz CT molecular complexity index is 668. The van der Waals surface area contributed by atoms with Gasteiger partial charge < -0.3 is 15.4 Å². The van der Waals surface area contributed by atoms with E-state index in [1.165, 1.54) is 10.8 Å². The van der Waals surface area contributed by atoms with Crippen LogP contribution in [0.3, 0.4) is 0 Å². The quantitative estimate of drug-likeness (QED) is 0.495. The minimum atomic E-state index is -0.530. The SMILES string of the molecule is Cc1ncc([N+](=O)[O-])n1CNC(=O)c1cccc(I)c1. The highest BCUT2D eigenvalue weighted by atomic mass is 127. The van der Waals surface area contributed by atoms with Crippen molar-refractivity contribution in [3.05, 3.63) is 55.5 Å². The molecule has 0 saturated carbocycles. The summed E-state index contributed by atoms with van der Waals surface area (Å²) in [6, 6.07) is 7.08. The van der Waals surface area contributed by atoms with Crippen LogP contribution in [0.15, 0.2) is 30.5 Å². The predicted octanol–water partition coefficient (Wildman–Crippen LogP) is 2.09. The average molecular weight is 386 g/mol. The molecular formula is C12H11IN4O3. The summed E-state index contributed by atoms with van der Waals surface area (Å²) in [5, 5.41) is 13.5. The zero-order valence-electron chi connectivity index (χ0n) is 10.5. The van der Waals surface area contributed by atoms with E-state index in [1.807, 2.05) is 6.07 Å². The molecular weight excluding hydrogens is 375 g/mol. The number of nitrogens with zero attached hydrogens (tertiary/aromatic N) is 3. The maximum Gasteiger partial charge on any atom is 0.344 e. The molecule has 1 N–H and O–H groups in total. The van der Waals surface area contributed by atoms with Gasteiger partial charge in [0, 0.05) is 16.1 Å². The third kappa shape index (κ3) is 3.13. The van der Waals surface area contributed by atoms with Gasteiger partial charge in [-0.1, -0.05) is 6.07 Å². The Kier molecular flexibility index (Phi) is 4.32. The molecule has 0 aliphatic carbocycles. The lowest BCUT2D eigenvalue weighted by molar-refractivity contribution is -0.392. The van der Waals surface area contributed by atoms with Crippen LogP contribution in [0.2, 0.25) is 0 Å². The highest BCUT2D eigenvalue weighted by molar-refractivity contribution is 14.1. The third-order valence-electron chi connectivity index (χ3n) is 2.71. The van der Waals surface area contributed by atoms with Gasteiger partial charge in [-0.25, -0.2) is 4.98 Å². The summed E-state index contributed by atoms with van der Waals surface area (Å²) in [6.07, 6.45) is 1.17.